The minimum absolute atomic E-state index is 0.215. The number of amides is 3. The third-order valence-electron chi connectivity index (χ3n) is 2.62. The molecule has 1 aromatic carbocycles. The highest BCUT2D eigenvalue weighted by Crippen LogP contribution is 2.16. The number of carbonyl (C=O) groups excluding carboxylic acids is 2. The number of urea groups is 1. The number of carboxylic acids is 1. The molecule has 0 saturated heterocycles. The molecule has 7 heteroatoms. The van der Waals surface area contributed by atoms with E-state index in [-0.39, 0.29) is 18.5 Å². The molecule has 3 N–H and O–H groups in total. The van der Waals surface area contributed by atoms with Crippen LogP contribution in [0.25, 0.3) is 0 Å². The van der Waals surface area contributed by atoms with Crippen LogP contribution in [0.1, 0.15) is 20.8 Å². The summed E-state index contributed by atoms with van der Waals surface area (Å²) < 4.78 is 0. The Labute approximate surface area is 122 Å². The van der Waals surface area contributed by atoms with Crippen molar-refractivity contribution in [2.75, 3.05) is 17.2 Å². The van der Waals surface area contributed by atoms with E-state index in [1.165, 1.54) is 11.8 Å². The van der Waals surface area contributed by atoms with Crippen molar-refractivity contribution >= 4 is 29.3 Å². The molecule has 1 aromatic rings. The standard InChI is InChI=1S/C14H19N3O4/c1-9(2)17(8-13(19)20)14(21)16-12-6-4-5-11(7-12)15-10(3)18/h4-7,9H,8H2,1-3H3,(H,15,18)(H,16,21)(H,19,20). The van der Waals surface area contributed by atoms with Crippen LogP contribution >= 0.6 is 0 Å². The first-order valence-electron chi connectivity index (χ1n) is 6.46. The van der Waals surface area contributed by atoms with E-state index in [4.69, 9.17) is 5.11 Å². The van der Waals surface area contributed by atoms with Crippen molar-refractivity contribution in [3.63, 3.8) is 0 Å². The Hall–Kier alpha value is -2.57. The summed E-state index contributed by atoms with van der Waals surface area (Å²) in [6, 6.07) is 5.86. The van der Waals surface area contributed by atoms with Crippen molar-refractivity contribution in [1.29, 1.82) is 0 Å². The van der Waals surface area contributed by atoms with Crippen molar-refractivity contribution in [1.82, 2.24) is 4.90 Å². The third-order valence-corrected chi connectivity index (χ3v) is 2.62. The van der Waals surface area contributed by atoms with E-state index in [0.717, 1.165) is 0 Å². The average Bonchev–Trinajstić information content (AvgIpc) is 2.34. The van der Waals surface area contributed by atoms with Crippen molar-refractivity contribution in [2.24, 2.45) is 0 Å². The molecule has 0 saturated carbocycles. The fourth-order valence-corrected chi connectivity index (χ4v) is 1.71. The number of carbonyl (C=O) groups is 3. The van der Waals surface area contributed by atoms with Crippen molar-refractivity contribution < 1.29 is 19.5 Å². The second-order valence-electron chi connectivity index (χ2n) is 4.81. The molecule has 21 heavy (non-hydrogen) atoms. The Bertz CT molecular complexity index is 543. The number of benzene rings is 1. The highest BCUT2D eigenvalue weighted by molar-refractivity contribution is 5.93. The van der Waals surface area contributed by atoms with Crippen LogP contribution in [-0.4, -0.2) is 40.5 Å². The summed E-state index contributed by atoms with van der Waals surface area (Å²) in [6.45, 7) is 4.47. The fraction of sp³-hybridized carbons (Fsp3) is 0.357. The van der Waals surface area contributed by atoms with Crippen LogP contribution in [0.2, 0.25) is 0 Å². The van der Waals surface area contributed by atoms with Gasteiger partial charge >= 0.3 is 12.0 Å². The maximum atomic E-state index is 12.1. The molecule has 0 fully saturated rings. The fourth-order valence-electron chi connectivity index (χ4n) is 1.71. The van der Waals surface area contributed by atoms with E-state index in [9.17, 15) is 14.4 Å². The first kappa shape index (κ1) is 16.5. The van der Waals surface area contributed by atoms with Crippen LogP contribution in [0.5, 0.6) is 0 Å². The second-order valence-corrected chi connectivity index (χ2v) is 4.81. The molecule has 7 nitrogen and oxygen atoms in total. The van der Waals surface area contributed by atoms with Gasteiger partial charge in [-0.3, -0.25) is 9.59 Å². The van der Waals surface area contributed by atoms with Gasteiger partial charge in [0.1, 0.15) is 6.54 Å². The average molecular weight is 293 g/mol. The molecule has 0 aromatic heterocycles. The van der Waals surface area contributed by atoms with Gasteiger partial charge in [-0.05, 0) is 32.0 Å². The second kappa shape index (κ2) is 7.28. The maximum Gasteiger partial charge on any atom is 0.323 e. The predicted molar refractivity (Wildman–Crippen MR) is 79.2 cm³/mol. The quantitative estimate of drug-likeness (QED) is 0.773. The van der Waals surface area contributed by atoms with E-state index in [1.807, 2.05) is 0 Å². The summed E-state index contributed by atoms with van der Waals surface area (Å²) in [7, 11) is 0. The van der Waals surface area contributed by atoms with Crippen LogP contribution in [-0.2, 0) is 9.59 Å². The summed E-state index contributed by atoms with van der Waals surface area (Å²) in [5, 5.41) is 14.0. The summed E-state index contributed by atoms with van der Waals surface area (Å²) in [5.74, 6) is -1.29. The Morgan fingerprint density at radius 1 is 1.19 bits per heavy atom. The largest absolute Gasteiger partial charge is 0.480 e. The molecule has 0 bridgehead atoms. The van der Waals surface area contributed by atoms with E-state index in [1.54, 1.807) is 38.1 Å². The lowest BCUT2D eigenvalue weighted by molar-refractivity contribution is -0.138. The van der Waals surface area contributed by atoms with Gasteiger partial charge in [0.15, 0.2) is 0 Å². The highest BCUT2D eigenvalue weighted by atomic mass is 16.4. The Morgan fingerprint density at radius 3 is 2.24 bits per heavy atom. The molecule has 0 aliphatic heterocycles. The zero-order valence-corrected chi connectivity index (χ0v) is 12.2. The number of hydrogen-bond acceptors (Lipinski definition) is 3. The summed E-state index contributed by atoms with van der Waals surface area (Å²) in [6.07, 6.45) is 0. The Morgan fingerprint density at radius 2 is 1.76 bits per heavy atom. The smallest absolute Gasteiger partial charge is 0.323 e. The number of rotatable bonds is 5. The van der Waals surface area contributed by atoms with Crippen LogP contribution in [0.4, 0.5) is 16.2 Å². The van der Waals surface area contributed by atoms with Crippen molar-refractivity contribution in [3.8, 4) is 0 Å². The van der Waals surface area contributed by atoms with Crippen LogP contribution in [0.3, 0.4) is 0 Å². The van der Waals surface area contributed by atoms with Gasteiger partial charge in [0, 0.05) is 24.3 Å². The molecular formula is C14H19N3O4. The zero-order chi connectivity index (χ0) is 16.0. The minimum atomic E-state index is -1.08. The van der Waals surface area contributed by atoms with E-state index < -0.39 is 12.0 Å². The molecular weight excluding hydrogens is 274 g/mol. The van der Waals surface area contributed by atoms with Gasteiger partial charge in [-0.1, -0.05) is 6.07 Å². The van der Waals surface area contributed by atoms with Gasteiger partial charge in [0.2, 0.25) is 5.91 Å². The predicted octanol–water partition coefficient (Wildman–Crippen LogP) is 1.97. The van der Waals surface area contributed by atoms with Crippen LogP contribution in [0.15, 0.2) is 24.3 Å². The number of nitrogens with one attached hydrogen (secondary N) is 2. The molecule has 1 rings (SSSR count). The molecule has 0 unspecified atom stereocenters. The van der Waals surface area contributed by atoms with Gasteiger partial charge in [0.25, 0.3) is 0 Å². The number of carboxylic acid groups (broad SMARTS) is 1. The molecule has 0 radical (unpaired) electrons. The van der Waals surface area contributed by atoms with Gasteiger partial charge in [-0.2, -0.15) is 0 Å². The SMILES string of the molecule is CC(=O)Nc1cccc(NC(=O)N(CC(=O)O)C(C)C)c1. The van der Waals surface area contributed by atoms with Gasteiger partial charge in [0.05, 0.1) is 0 Å². The number of anilines is 2. The topological polar surface area (TPSA) is 98.7 Å². The Kier molecular flexibility index (Phi) is 5.71. The lowest BCUT2D eigenvalue weighted by atomic mass is 10.2. The van der Waals surface area contributed by atoms with Gasteiger partial charge < -0.3 is 20.6 Å². The minimum Gasteiger partial charge on any atom is -0.480 e. The highest BCUT2D eigenvalue weighted by Gasteiger charge is 2.19. The monoisotopic (exact) mass is 293 g/mol. The zero-order valence-electron chi connectivity index (χ0n) is 12.2. The lowest BCUT2D eigenvalue weighted by Gasteiger charge is -2.25. The number of hydrogen-bond donors (Lipinski definition) is 3. The van der Waals surface area contributed by atoms with Gasteiger partial charge in [-0.15, -0.1) is 0 Å². The van der Waals surface area contributed by atoms with E-state index >= 15 is 0 Å². The lowest BCUT2D eigenvalue weighted by Crippen LogP contribution is -2.43. The summed E-state index contributed by atoms with van der Waals surface area (Å²) in [5.41, 5.74) is 1.02. The molecule has 3 amide bonds. The molecule has 0 spiro atoms. The third kappa shape index (κ3) is 5.52. The normalized spacial score (nSPS) is 10.1. The Balaban J connectivity index is 2.81. The number of aliphatic carboxylic acids is 1. The molecule has 0 atom stereocenters. The van der Waals surface area contributed by atoms with Crippen LogP contribution < -0.4 is 10.6 Å². The molecule has 0 aliphatic rings. The summed E-state index contributed by atoms with van der Waals surface area (Å²) >= 11 is 0. The maximum absolute atomic E-state index is 12.1. The molecule has 114 valence electrons. The summed E-state index contributed by atoms with van der Waals surface area (Å²) in [4.78, 5) is 35.1. The first-order chi connectivity index (χ1) is 9.79. The molecule has 0 aliphatic carbocycles. The first-order valence-corrected chi connectivity index (χ1v) is 6.46. The van der Waals surface area contributed by atoms with E-state index in [0.29, 0.717) is 11.4 Å². The van der Waals surface area contributed by atoms with Gasteiger partial charge in [-0.25, -0.2) is 4.79 Å². The van der Waals surface area contributed by atoms with Crippen molar-refractivity contribution in [3.05, 3.63) is 24.3 Å². The van der Waals surface area contributed by atoms with Crippen LogP contribution in [0, 0.1) is 0 Å². The number of nitrogens with zero attached hydrogens (tertiary/aromatic N) is 1. The van der Waals surface area contributed by atoms with E-state index in [2.05, 4.69) is 10.6 Å². The molecule has 0 heterocycles. The van der Waals surface area contributed by atoms with Crippen molar-refractivity contribution in [2.45, 2.75) is 26.8 Å².